The fourth-order valence-corrected chi connectivity index (χ4v) is 1.72. The van der Waals surface area contributed by atoms with Gasteiger partial charge in [-0.1, -0.05) is 36.4 Å². The number of thiocarbonyl (C=S) groups is 1. The molecule has 2 aromatic carbocycles. The summed E-state index contributed by atoms with van der Waals surface area (Å²) in [6.45, 7) is 0.556. The number of ether oxygens (including phenoxy) is 1. The van der Waals surface area contributed by atoms with Crippen LogP contribution in [0.5, 0.6) is 5.75 Å². The van der Waals surface area contributed by atoms with Gasteiger partial charge in [-0.3, -0.25) is 0 Å². The molecular formula is C15H16N2OS. The van der Waals surface area contributed by atoms with Crippen LogP contribution in [0.4, 0.5) is 5.69 Å². The zero-order chi connectivity index (χ0) is 13.5. The molecule has 2 aromatic rings. The fourth-order valence-electron chi connectivity index (χ4n) is 1.60. The predicted octanol–water partition coefficient (Wildman–Crippen LogP) is 3.18. The molecule has 19 heavy (non-hydrogen) atoms. The van der Waals surface area contributed by atoms with Crippen LogP contribution in [0.3, 0.4) is 0 Å². The summed E-state index contributed by atoms with van der Waals surface area (Å²) in [6, 6.07) is 17.8. The molecule has 0 heterocycles. The maximum Gasteiger partial charge on any atom is 0.170 e. The lowest BCUT2D eigenvalue weighted by molar-refractivity contribution is 0.306. The third-order valence-electron chi connectivity index (χ3n) is 2.57. The fraction of sp³-hybridized carbons (Fsp3) is 0.133. The number of nitrogens with one attached hydrogen (secondary N) is 2. The number of hydrogen-bond donors (Lipinski definition) is 2. The van der Waals surface area contributed by atoms with Crippen LogP contribution in [0, 0.1) is 0 Å². The lowest BCUT2D eigenvalue weighted by Crippen LogP contribution is -2.24. The molecule has 0 radical (unpaired) electrons. The third-order valence-corrected chi connectivity index (χ3v) is 2.87. The Morgan fingerprint density at radius 1 is 1.11 bits per heavy atom. The van der Waals surface area contributed by atoms with Crippen molar-refractivity contribution in [3.05, 3.63) is 60.2 Å². The quantitative estimate of drug-likeness (QED) is 0.838. The van der Waals surface area contributed by atoms with E-state index in [4.69, 9.17) is 17.0 Å². The summed E-state index contributed by atoms with van der Waals surface area (Å²) < 4.78 is 5.74. The molecule has 2 N–H and O–H groups in total. The monoisotopic (exact) mass is 272 g/mol. The van der Waals surface area contributed by atoms with E-state index in [2.05, 4.69) is 10.6 Å². The molecule has 0 bridgehead atoms. The average molecular weight is 272 g/mol. The Morgan fingerprint density at radius 2 is 1.89 bits per heavy atom. The minimum absolute atomic E-state index is 0.556. The molecule has 3 nitrogen and oxygen atoms in total. The molecule has 0 aliphatic heterocycles. The molecule has 0 atom stereocenters. The molecule has 0 aliphatic carbocycles. The summed E-state index contributed by atoms with van der Waals surface area (Å²) in [4.78, 5) is 0. The molecule has 0 aromatic heterocycles. The Hall–Kier alpha value is -2.07. The Kier molecular flexibility index (Phi) is 4.75. The zero-order valence-corrected chi connectivity index (χ0v) is 11.5. The van der Waals surface area contributed by atoms with Crippen molar-refractivity contribution in [2.24, 2.45) is 0 Å². The Balaban J connectivity index is 1.97. The molecule has 0 saturated heterocycles. The SMILES string of the molecule is CNC(=S)Nc1cccc(OCc2ccccc2)c1. The van der Waals surface area contributed by atoms with Crippen LogP contribution in [0.1, 0.15) is 5.56 Å². The summed E-state index contributed by atoms with van der Waals surface area (Å²) >= 11 is 5.06. The topological polar surface area (TPSA) is 33.3 Å². The van der Waals surface area contributed by atoms with E-state index in [-0.39, 0.29) is 0 Å². The summed E-state index contributed by atoms with van der Waals surface area (Å²) in [6.07, 6.45) is 0. The Morgan fingerprint density at radius 3 is 2.63 bits per heavy atom. The number of hydrogen-bond acceptors (Lipinski definition) is 2. The van der Waals surface area contributed by atoms with E-state index < -0.39 is 0 Å². The van der Waals surface area contributed by atoms with Crippen LogP contribution in [0.15, 0.2) is 54.6 Å². The first-order valence-corrected chi connectivity index (χ1v) is 6.44. The van der Waals surface area contributed by atoms with Gasteiger partial charge in [0.25, 0.3) is 0 Å². The lowest BCUT2D eigenvalue weighted by Gasteiger charge is -2.10. The predicted molar refractivity (Wildman–Crippen MR) is 82.5 cm³/mol. The standard InChI is InChI=1S/C15H16N2OS/c1-16-15(19)17-13-8-5-9-14(10-13)18-11-12-6-3-2-4-7-12/h2-10H,11H2,1H3,(H2,16,17,19). The highest BCUT2D eigenvalue weighted by molar-refractivity contribution is 7.80. The second-order valence-corrected chi connectivity index (χ2v) is 4.41. The minimum Gasteiger partial charge on any atom is -0.489 e. The van der Waals surface area contributed by atoms with E-state index in [1.165, 1.54) is 0 Å². The summed E-state index contributed by atoms with van der Waals surface area (Å²) in [5.41, 5.74) is 2.05. The first kappa shape index (κ1) is 13.4. The van der Waals surface area contributed by atoms with Gasteiger partial charge < -0.3 is 15.4 Å². The van der Waals surface area contributed by atoms with Crippen molar-refractivity contribution in [2.45, 2.75) is 6.61 Å². The van der Waals surface area contributed by atoms with E-state index in [0.717, 1.165) is 17.0 Å². The second kappa shape index (κ2) is 6.75. The molecule has 0 aliphatic rings. The average Bonchev–Trinajstić information content (AvgIpc) is 2.46. The van der Waals surface area contributed by atoms with Crippen LogP contribution in [0.2, 0.25) is 0 Å². The van der Waals surface area contributed by atoms with Gasteiger partial charge in [0.05, 0.1) is 0 Å². The van der Waals surface area contributed by atoms with Crippen molar-refractivity contribution >= 4 is 23.0 Å². The molecule has 98 valence electrons. The van der Waals surface area contributed by atoms with Crippen LogP contribution in [-0.4, -0.2) is 12.2 Å². The van der Waals surface area contributed by atoms with Gasteiger partial charge >= 0.3 is 0 Å². The number of anilines is 1. The summed E-state index contributed by atoms with van der Waals surface area (Å²) in [5, 5.41) is 6.52. The molecule has 0 spiro atoms. The van der Waals surface area contributed by atoms with Gasteiger partial charge in [0, 0.05) is 18.8 Å². The molecule has 4 heteroatoms. The van der Waals surface area contributed by atoms with Gasteiger partial charge in [0.15, 0.2) is 5.11 Å². The van der Waals surface area contributed by atoms with Gasteiger partial charge in [-0.05, 0) is 29.9 Å². The highest BCUT2D eigenvalue weighted by Gasteiger charge is 1.99. The molecule has 2 rings (SSSR count). The Bertz CT molecular complexity index is 543. The first-order chi connectivity index (χ1) is 9.28. The maximum atomic E-state index is 5.74. The highest BCUT2D eigenvalue weighted by atomic mass is 32.1. The normalized spacial score (nSPS) is 9.74. The van der Waals surface area contributed by atoms with Crippen LogP contribution < -0.4 is 15.4 Å². The van der Waals surface area contributed by atoms with E-state index >= 15 is 0 Å². The summed E-state index contributed by atoms with van der Waals surface area (Å²) in [7, 11) is 1.78. The minimum atomic E-state index is 0.556. The molecule has 0 amide bonds. The molecule has 0 saturated carbocycles. The van der Waals surface area contributed by atoms with E-state index in [1.54, 1.807) is 7.05 Å². The number of rotatable bonds is 4. The largest absolute Gasteiger partial charge is 0.489 e. The van der Waals surface area contributed by atoms with Crippen LogP contribution in [0.25, 0.3) is 0 Å². The van der Waals surface area contributed by atoms with Crippen LogP contribution in [-0.2, 0) is 6.61 Å². The molecular weight excluding hydrogens is 256 g/mol. The van der Waals surface area contributed by atoms with Crippen molar-refractivity contribution < 1.29 is 4.74 Å². The van der Waals surface area contributed by atoms with Crippen molar-refractivity contribution in [3.8, 4) is 5.75 Å². The lowest BCUT2D eigenvalue weighted by atomic mass is 10.2. The maximum absolute atomic E-state index is 5.74. The van der Waals surface area contributed by atoms with Gasteiger partial charge in [-0.15, -0.1) is 0 Å². The first-order valence-electron chi connectivity index (χ1n) is 6.03. The molecule has 0 unspecified atom stereocenters. The van der Waals surface area contributed by atoms with Crippen LogP contribution >= 0.6 is 12.2 Å². The van der Waals surface area contributed by atoms with E-state index in [0.29, 0.717) is 11.7 Å². The van der Waals surface area contributed by atoms with Crippen molar-refractivity contribution in [1.82, 2.24) is 5.32 Å². The van der Waals surface area contributed by atoms with Gasteiger partial charge in [-0.2, -0.15) is 0 Å². The van der Waals surface area contributed by atoms with Gasteiger partial charge in [-0.25, -0.2) is 0 Å². The summed E-state index contributed by atoms with van der Waals surface area (Å²) in [5.74, 6) is 0.813. The van der Waals surface area contributed by atoms with Crippen molar-refractivity contribution in [3.63, 3.8) is 0 Å². The van der Waals surface area contributed by atoms with E-state index in [9.17, 15) is 0 Å². The number of benzene rings is 2. The third kappa shape index (κ3) is 4.26. The highest BCUT2D eigenvalue weighted by Crippen LogP contribution is 2.18. The van der Waals surface area contributed by atoms with Gasteiger partial charge in [0.1, 0.15) is 12.4 Å². The van der Waals surface area contributed by atoms with Crippen molar-refractivity contribution in [1.29, 1.82) is 0 Å². The van der Waals surface area contributed by atoms with Crippen molar-refractivity contribution in [2.75, 3.05) is 12.4 Å². The second-order valence-electron chi connectivity index (χ2n) is 4.01. The van der Waals surface area contributed by atoms with E-state index in [1.807, 2.05) is 54.6 Å². The zero-order valence-electron chi connectivity index (χ0n) is 10.7. The smallest absolute Gasteiger partial charge is 0.170 e. The van der Waals surface area contributed by atoms with Gasteiger partial charge in [0.2, 0.25) is 0 Å². The Labute approximate surface area is 118 Å². The molecule has 0 fully saturated rings.